The van der Waals surface area contributed by atoms with E-state index in [-0.39, 0.29) is 0 Å². The van der Waals surface area contributed by atoms with Crippen LogP contribution in [-0.2, 0) is 0 Å². The van der Waals surface area contributed by atoms with Crippen molar-refractivity contribution in [3.05, 3.63) is 29.8 Å². The largest absolute Gasteiger partial charge is 0.493 e. The molecule has 0 aliphatic rings. The Bertz CT molecular complexity index is 342. The molecule has 0 amide bonds. The number of hydrogen-bond donors (Lipinski definition) is 1. The molecule has 4 heteroatoms. The van der Waals surface area contributed by atoms with Gasteiger partial charge in [0.15, 0.2) is 11.6 Å². The van der Waals surface area contributed by atoms with E-state index < -0.39 is 11.6 Å². The van der Waals surface area contributed by atoms with Gasteiger partial charge in [0.25, 0.3) is 0 Å². The molecule has 1 rings (SSSR count). The summed E-state index contributed by atoms with van der Waals surface area (Å²) in [5.41, 5.74) is 0. The molecule has 0 aliphatic heterocycles. The average Bonchev–Trinajstić information content (AvgIpc) is 2.27. The van der Waals surface area contributed by atoms with E-state index in [0.717, 1.165) is 31.6 Å². The molecule has 0 saturated heterocycles. The second-order valence-corrected chi connectivity index (χ2v) is 4.38. The van der Waals surface area contributed by atoms with Crippen molar-refractivity contribution in [1.29, 1.82) is 0 Å². The lowest BCUT2D eigenvalue weighted by atomic mass is 10.2. The topological polar surface area (TPSA) is 21.3 Å². The van der Waals surface area contributed by atoms with E-state index >= 15 is 0 Å². The third-order valence-corrected chi connectivity index (χ3v) is 2.21. The number of benzene rings is 1. The molecule has 0 unspecified atom stereocenters. The van der Waals surface area contributed by atoms with Crippen molar-refractivity contribution in [1.82, 2.24) is 5.32 Å². The molecule has 0 heterocycles. The second kappa shape index (κ2) is 7.22. The molecule has 0 spiro atoms. The van der Waals surface area contributed by atoms with Crippen LogP contribution in [0.15, 0.2) is 18.2 Å². The van der Waals surface area contributed by atoms with Crippen LogP contribution in [0.1, 0.15) is 20.3 Å². The maximum Gasteiger partial charge on any atom is 0.162 e. The fourth-order valence-electron chi connectivity index (χ4n) is 1.34. The van der Waals surface area contributed by atoms with Crippen LogP contribution in [0.2, 0.25) is 0 Å². The van der Waals surface area contributed by atoms with Crippen LogP contribution in [0.4, 0.5) is 8.78 Å². The Labute approximate surface area is 101 Å². The number of ether oxygens (including phenoxy) is 1. The van der Waals surface area contributed by atoms with Gasteiger partial charge >= 0.3 is 0 Å². The van der Waals surface area contributed by atoms with Crippen LogP contribution in [0.5, 0.6) is 5.75 Å². The molecular weight excluding hydrogens is 224 g/mol. The van der Waals surface area contributed by atoms with Crippen molar-refractivity contribution >= 4 is 0 Å². The summed E-state index contributed by atoms with van der Waals surface area (Å²) in [5, 5.41) is 3.28. The van der Waals surface area contributed by atoms with Crippen molar-refractivity contribution in [2.45, 2.75) is 20.3 Å². The lowest BCUT2D eigenvalue weighted by molar-refractivity contribution is 0.304. The monoisotopic (exact) mass is 243 g/mol. The molecule has 1 aromatic rings. The molecule has 0 aliphatic carbocycles. The molecule has 96 valence electrons. The first-order chi connectivity index (χ1) is 8.09. The van der Waals surface area contributed by atoms with Gasteiger partial charge in [0.1, 0.15) is 5.75 Å². The van der Waals surface area contributed by atoms with Crippen molar-refractivity contribution in [3.63, 3.8) is 0 Å². The van der Waals surface area contributed by atoms with Gasteiger partial charge < -0.3 is 10.1 Å². The van der Waals surface area contributed by atoms with Crippen molar-refractivity contribution in [3.8, 4) is 5.75 Å². The minimum Gasteiger partial charge on any atom is -0.493 e. The Morgan fingerprint density at radius 2 is 2.00 bits per heavy atom. The van der Waals surface area contributed by atoms with Crippen LogP contribution in [-0.4, -0.2) is 19.7 Å². The van der Waals surface area contributed by atoms with E-state index in [1.807, 2.05) is 0 Å². The summed E-state index contributed by atoms with van der Waals surface area (Å²) < 4.78 is 30.8. The highest BCUT2D eigenvalue weighted by Gasteiger charge is 2.02. The van der Waals surface area contributed by atoms with Crippen LogP contribution in [0.3, 0.4) is 0 Å². The maximum atomic E-state index is 12.8. The molecule has 0 radical (unpaired) electrons. The Hall–Kier alpha value is -1.16. The van der Waals surface area contributed by atoms with E-state index in [0.29, 0.717) is 18.3 Å². The third-order valence-electron chi connectivity index (χ3n) is 2.21. The third kappa shape index (κ3) is 5.63. The molecule has 0 aromatic heterocycles. The van der Waals surface area contributed by atoms with Gasteiger partial charge in [-0.1, -0.05) is 13.8 Å². The molecule has 2 nitrogen and oxygen atoms in total. The Balaban J connectivity index is 2.16. The maximum absolute atomic E-state index is 12.8. The van der Waals surface area contributed by atoms with Gasteiger partial charge in [0.2, 0.25) is 0 Å². The van der Waals surface area contributed by atoms with Gasteiger partial charge in [-0.3, -0.25) is 0 Å². The quantitative estimate of drug-likeness (QED) is 0.743. The minimum atomic E-state index is -0.875. The Kier molecular flexibility index (Phi) is 5.91. The highest BCUT2D eigenvalue weighted by atomic mass is 19.2. The number of rotatable bonds is 7. The van der Waals surface area contributed by atoms with Crippen LogP contribution >= 0.6 is 0 Å². The first-order valence-electron chi connectivity index (χ1n) is 5.88. The number of hydrogen-bond acceptors (Lipinski definition) is 2. The predicted octanol–water partition coefficient (Wildman–Crippen LogP) is 2.98. The van der Waals surface area contributed by atoms with Crippen LogP contribution < -0.4 is 10.1 Å². The molecule has 0 fully saturated rings. The molecule has 1 aromatic carbocycles. The molecule has 0 saturated carbocycles. The molecule has 1 N–H and O–H groups in total. The van der Waals surface area contributed by atoms with E-state index in [2.05, 4.69) is 19.2 Å². The zero-order valence-electron chi connectivity index (χ0n) is 10.3. The lowest BCUT2D eigenvalue weighted by Gasteiger charge is -2.08. The second-order valence-electron chi connectivity index (χ2n) is 4.38. The number of nitrogens with one attached hydrogen (secondary N) is 1. The summed E-state index contributed by atoms with van der Waals surface area (Å²) >= 11 is 0. The zero-order valence-corrected chi connectivity index (χ0v) is 10.3. The smallest absolute Gasteiger partial charge is 0.162 e. The van der Waals surface area contributed by atoms with Crippen molar-refractivity contribution in [2.75, 3.05) is 19.7 Å². The van der Waals surface area contributed by atoms with E-state index in [4.69, 9.17) is 4.74 Å². The van der Waals surface area contributed by atoms with E-state index in [1.54, 1.807) is 0 Å². The Morgan fingerprint density at radius 1 is 1.24 bits per heavy atom. The van der Waals surface area contributed by atoms with Gasteiger partial charge in [-0.25, -0.2) is 8.78 Å². The van der Waals surface area contributed by atoms with Crippen molar-refractivity contribution < 1.29 is 13.5 Å². The fourth-order valence-corrected chi connectivity index (χ4v) is 1.34. The van der Waals surface area contributed by atoms with Gasteiger partial charge in [-0.15, -0.1) is 0 Å². The lowest BCUT2D eigenvalue weighted by Crippen LogP contribution is -2.22. The molecule has 0 bridgehead atoms. The summed E-state index contributed by atoms with van der Waals surface area (Å²) in [6.07, 6.45) is 0.839. The van der Waals surface area contributed by atoms with Gasteiger partial charge in [-0.2, -0.15) is 0 Å². The summed E-state index contributed by atoms with van der Waals surface area (Å²) in [6, 6.07) is 3.57. The normalized spacial score (nSPS) is 10.9. The van der Waals surface area contributed by atoms with E-state index in [9.17, 15) is 8.78 Å². The van der Waals surface area contributed by atoms with Crippen molar-refractivity contribution in [2.24, 2.45) is 5.92 Å². The average molecular weight is 243 g/mol. The van der Waals surface area contributed by atoms with Gasteiger partial charge in [0.05, 0.1) is 6.61 Å². The highest BCUT2D eigenvalue weighted by Crippen LogP contribution is 2.15. The molecular formula is C13H19F2NO. The SMILES string of the molecule is CC(C)CNCCCOc1ccc(F)c(F)c1. The minimum absolute atomic E-state index is 0.368. The standard InChI is InChI=1S/C13H19F2NO/c1-10(2)9-16-6-3-7-17-11-4-5-12(14)13(15)8-11/h4-5,8,10,16H,3,6-7,9H2,1-2H3. The first-order valence-corrected chi connectivity index (χ1v) is 5.88. The summed E-state index contributed by atoms with van der Waals surface area (Å²) in [4.78, 5) is 0. The zero-order chi connectivity index (χ0) is 12.7. The van der Waals surface area contributed by atoms with E-state index in [1.165, 1.54) is 6.07 Å². The first kappa shape index (κ1) is 13.9. The Morgan fingerprint density at radius 3 is 2.65 bits per heavy atom. The summed E-state index contributed by atoms with van der Waals surface area (Å²) in [7, 11) is 0. The number of halogens is 2. The van der Waals surface area contributed by atoms with Crippen LogP contribution in [0, 0.1) is 17.6 Å². The summed E-state index contributed by atoms with van der Waals surface area (Å²) in [6.45, 7) is 6.62. The van der Waals surface area contributed by atoms with Crippen LogP contribution in [0.25, 0.3) is 0 Å². The molecule has 17 heavy (non-hydrogen) atoms. The fraction of sp³-hybridized carbons (Fsp3) is 0.538. The van der Waals surface area contributed by atoms with Gasteiger partial charge in [0, 0.05) is 6.07 Å². The van der Waals surface area contributed by atoms with Gasteiger partial charge in [-0.05, 0) is 37.6 Å². The highest BCUT2D eigenvalue weighted by molar-refractivity contribution is 5.23. The predicted molar refractivity (Wildman–Crippen MR) is 64.2 cm³/mol. The summed E-state index contributed by atoms with van der Waals surface area (Å²) in [5.74, 6) is -0.730. The molecule has 0 atom stereocenters.